The second-order valence-corrected chi connectivity index (χ2v) is 10.4. The smallest absolute Gasteiger partial charge is 0.237 e. The number of benzene rings is 2. The van der Waals surface area contributed by atoms with Gasteiger partial charge in [0.05, 0.1) is 6.04 Å². The fraction of sp³-hybridized carbons (Fsp3) is 0.406. The molecule has 1 aliphatic rings. The number of carbonyl (C=O) groups is 1. The van der Waals surface area contributed by atoms with Gasteiger partial charge in [-0.2, -0.15) is 0 Å². The zero-order valence-corrected chi connectivity index (χ0v) is 22.4. The lowest BCUT2D eigenvalue weighted by molar-refractivity contribution is -0.125. The molecule has 0 radical (unpaired) electrons. The molecular formula is C32H42N4O. The molecule has 1 amide bonds. The van der Waals surface area contributed by atoms with E-state index in [0.717, 1.165) is 31.4 Å². The van der Waals surface area contributed by atoms with Gasteiger partial charge in [0.25, 0.3) is 0 Å². The maximum atomic E-state index is 12.5. The predicted molar refractivity (Wildman–Crippen MR) is 155 cm³/mol. The molecule has 1 aliphatic carbocycles. The van der Waals surface area contributed by atoms with Crippen molar-refractivity contribution in [2.45, 2.75) is 63.7 Å². The molecule has 3 aromatic rings. The SMILES string of the molecule is C=CCCC(C(=O)NC)N(C)Cc1cc(CC2CCCC2NCc2ccc3[nH]ccc3c2)ccc1C=C. The van der Waals surface area contributed by atoms with Crippen LogP contribution in [0.4, 0.5) is 0 Å². The van der Waals surface area contributed by atoms with Crippen molar-refractivity contribution >= 4 is 22.9 Å². The maximum Gasteiger partial charge on any atom is 0.237 e. The number of allylic oxidation sites excluding steroid dienone is 1. The van der Waals surface area contributed by atoms with Gasteiger partial charge in [0.15, 0.2) is 0 Å². The molecule has 0 saturated heterocycles. The van der Waals surface area contributed by atoms with Gasteiger partial charge in [-0.3, -0.25) is 9.69 Å². The summed E-state index contributed by atoms with van der Waals surface area (Å²) in [5, 5.41) is 7.95. The van der Waals surface area contributed by atoms with E-state index in [0.29, 0.717) is 18.5 Å². The van der Waals surface area contributed by atoms with Gasteiger partial charge in [0.1, 0.15) is 0 Å². The van der Waals surface area contributed by atoms with E-state index in [-0.39, 0.29) is 11.9 Å². The second kappa shape index (κ2) is 12.9. The normalized spacial score (nSPS) is 18.2. The third-order valence-electron chi connectivity index (χ3n) is 7.92. The molecular weight excluding hydrogens is 456 g/mol. The van der Waals surface area contributed by atoms with Crippen molar-refractivity contribution in [3.63, 3.8) is 0 Å². The Morgan fingerprint density at radius 2 is 2.00 bits per heavy atom. The number of amides is 1. The summed E-state index contributed by atoms with van der Waals surface area (Å²) in [6, 6.07) is 15.9. The molecule has 1 aromatic heterocycles. The van der Waals surface area contributed by atoms with Crippen LogP contribution in [0.15, 0.2) is 67.9 Å². The van der Waals surface area contributed by atoms with E-state index < -0.39 is 0 Å². The van der Waals surface area contributed by atoms with Crippen LogP contribution in [0.3, 0.4) is 0 Å². The van der Waals surface area contributed by atoms with Crippen LogP contribution < -0.4 is 10.6 Å². The molecule has 0 bridgehead atoms. The quantitative estimate of drug-likeness (QED) is 0.260. The van der Waals surface area contributed by atoms with E-state index in [1.165, 1.54) is 46.9 Å². The highest BCUT2D eigenvalue weighted by Gasteiger charge is 2.27. The molecule has 1 fully saturated rings. The average Bonchev–Trinajstić information content (AvgIpc) is 3.56. The minimum absolute atomic E-state index is 0.0520. The number of likely N-dealkylation sites (N-methyl/N-ethyl adjacent to an activating group) is 2. The highest BCUT2D eigenvalue weighted by Crippen LogP contribution is 2.30. The van der Waals surface area contributed by atoms with E-state index in [1.807, 2.05) is 25.4 Å². The van der Waals surface area contributed by atoms with Crippen LogP contribution in [-0.2, 0) is 24.3 Å². The van der Waals surface area contributed by atoms with Crippen molar-refractivity contribution < 1.29 is 4.79 Å². The van der Waals surface area contributed by atoms with Gasteiger partial charge in [-0.15, -0.1) is 6.58 Å². The van der Waals surface area contributed by atoms with Crippen molar-refractivity contribution in [1.82, 2.24) is 20.5 Å². The molecule has 196 valence electrons. The highest BCUT2D eigenvalue weighted by atomic mass is 16.2. The highest BCUT2D eigenvalue weighted by molar-refractivity contribution is 5.81. The first kappa shape index (κ1) is 26.9. The lowest BCUT2D eigenvalue weighted by atomic mass is 9.92. The van der Waals surface area contributed by atoms with Crippen LogP contribution in [0, 0.1) is 5.92 Å². The molecule has 3 atom stereocenters. The lowest BCUT2D eigenvalue weighted by Gasteiger charge is -2.27. The number of nitrogens with zero attached hydrogens (tertiary/aromatic N) is 1. The van der Waals surface area contributed by atoms with E-state index in [9.17, 15) is 4.79 Å². The van der Waals surface area contributed by atoms with Gasteiger partial charge in [0, 0.05) is 37.9 Å². The fourth-order valence-electron chi connectivity index (χ4n) is 5.81. The van der Waals surface area contributed by atoms with Crippen molar-refractivity contribution in [3.05, 3.63) is 90.1 Å². The van der Waals surface area contributed by atoms with E-state index in [1.54, 1.807) is 7.05 Å². The number of rotatable bonds is 13. The zero-order chi connectivity index (χ0) is 26.2. The molecule has 5 nitrogen and oxygen atoms in total. The molecule has 0 spiro atoms. The third-order valence-corrected chi connectivity index (χ3v) is 7.92. The summed E-state index contributed by atoms with van der Waals surface area (Å²) in [4.78, 5) is 18.0. The number of aromatic amines is 1. The van der Waals surface area contributed by atoms with E-state index >= 15 is 0 Å². The summed E-state index contributed by atoms with van der Waals surface area (Å²) >= 11 is 0. The lowest BCUT2D eigenvalue weighted by Crippen LogP contribution is -2.43. The van der Waals surface area contributed by atoms with Gasteiger partial charge in [-0.1, -0.05) is 49.4 Å². The molecule has 5 heteroatoms. The standard InChI is InChI=1S/C32H42N4O/c1-5-7-11-31(32(37)33-3)36(4)22-28-19-23(12-14-25(28)6-2)18-26-9-8-10-29(26)35-21-24-13-15-30-27(20-24)16-17-34-30/h5-6,12-17,19-20,26,29,31,34-35H,1-2,7-11,18,21-22H2,3-4H3,(H,33,37). The van der Waals surface area contributed by atoms with Crippen LogP contribution in [0.25, 0.3) is 17.0 Å². The summed E-state index contributed by atoms with van der Waals surface area (Å²) in [5.41, 5.74) is 6.25. The number of H-pyrrole nitrogens is 1. The fourth-order valence-corrected chi connectivity index (χ4v) is 5.81. The number of fused-ring (bicyclic) bond motifs is 1. The Morgan fingerprint density at radius 1 is 1.16 bits per heavy atom. The Hall–Kier alpha value is -3.15. The number of hydrogen-bond acceptors (Lipinski definition) is 3. The molecule has 0 aliphatic heterocycles. The molecule has 1 heterocycles. The monoisotopic (exact) mass is 498 g/mol. The molecule has 37 heavy (non-hydrogen) atoms. The van der Waals surface area contributed by atoms with Crippen LogP contribution in [0.1, 0.15) is 54.4 Å². The van der Waals surface area contributed by atoms with Gasteiger partial charge < -0.3 is 15.6 Å². The Morgan fingerprint density at radius 3 is 2.78 bits per heavy atom. The first-order valence-electron chi connectivity index (χ1n) is 13.6. The Labute approximate surface area is 222 Å². The van der Waals surface area contributed by atoms with Crippen molar-refractivity contribution in [2.75, 3.05) is 14.1 Å². The number of hydrogen-bond donors (Lipinski definition) is 3. The number of aromatic nitrogens is 1. The minimum Gasteiger partial charge on any atom is -0.361 e. The van der Waals surface area contributed by atoms with Crippen molar-refractivity contribution in [2.24, 2.45) is 5.92 Å². The van der Waals surface area contributed by atoms with Crippen LogP contribution in [-0.4, -0.2) is 42.0 Å². The minimum atomic E-state index is -0.182. The van der Waals surface area contributed by atoms with E-state index in [4.69, 9.17) is 0 Å². The Bertz CT molecular complexity index is 1210. The van der Waals surface area contributed by atoms with Gasteiger partial charge >= 0.3 is 0 Å². The van der Waals surface area contributed by atoms with Crippen LogP contribution in [0.5, 0.6) is 0 Å². The van der Waals surface area contributed by atoms with Crippen LogP contribution in [0.2, 0.25) is 0 Å². The zero-order valence-electron chi connectivity index (χ0n) is 22.4. The second-order valence-electron chi connectivity index (χ2n) is 10.4. The maximum absolute atomic E-state index is 12.5. The molecule has 3 unspecified atom stereocenters. The molecule has 3 N–H and O–H groups in total. The summed E-state index contributed by atoms with van der Waals surface area (Å²) < 4.78 is 0. The van der Waals surface area contributed by atoms with Gasteiger partial charge in [-0.25, -0.2) is 0 Å². The Balaban J connectivity index is 1.41. The first-order chi connectivity index (χ1) is 18.0. The average molecular weight is 499 g/mol. The third kappa shape index (κ3) is 6.79. The van der Waals surface area contributed by atoms with Crippen molar-refractivity contribution in [3.8, 4) is 0 Å². The van der Waals surface area contributed by atoms with Gasteiger partial charge in [0.2, 0.25) is 5.91 Å². The first-order valence-corrected chi connectivity index (χ1v) is 13.6. The molecule has 1 saturated carbocycles. The predicted octanol–water partition coefficient (Wildman–Crippen LogP) is 5.82. The number of nitrogens with one attached hydrogen (secondary N) is 3. The largest absolute Gasteiger partial charge is 0.361 e. The summed E-state index contributed by atoms with van der Waals surface area (Å²) in [7, 11) is 3.74. The topological polar surface area (TPSA) is 60.2 Å². The van der Waals surface area contributed by atoms with Crippen LogP contribution >= 0.6 is 0 Å². The van der Waals surface area contributed by atoms with E-state index in [2.05, 4.69) is 76.1 Å². The van der Waals surface area contributed by atoms with Gasteiger partial charge in [-0.05, 0) is 90.9 Å². The summed E-state index contributed by atoms with van der Waals surface area (Å²) in [6.07, 6.45) is 12.2. The molecule has 2 aromatic carbocycles. The molecule has 4 rings (SSSR count). The Kier molecular flexibility index (Phi) is 9.37. The summed E-state index contributed by atoms with van der Waals surface area (Å²) in [5.74, 6) is 0.679. The summed E-state index contributed by atoms with van der Waals surface area (Å²) in [6.45, 7) is 9.47. The van der Waals surface area contributed by atoms with Crippen molar-refractivity contribution in [1.29, 1.82) is 0 Å². The number of carbonyl (C=O) groups excluding carboxylic acids is 1.